The van der Waals surface area contributed by atoms with Gasteiger partial charge in [-0.3, -0.25) is 4.79 Å². The zero-order valence-corrected chi connectivity index (χ0v) is 17.3. The molecule has 1 N–H and O–H groups in total. The van der Waals surface area contributed by atoms with Crippen molar-refractivity contribution in [1.29, 1.82) is 0 Å². The Morgan fingerprint density at radius 1 is 1.04 bits per heavy atom. The van der Waals surface area contributed by atoms with Gasteiger partial charge in [0.2, 0.25) is 10.0 Å². The van der Waals surface area contributed by atoms with E-state index in [1.165, 1.54) is 31.4 Å². The van der Waals surface area contributed by atoms with Crippen LogP contribution in [0.1, 0.15) is 41.5 Å². The summed E-state index contributed by atoms with van der Waals surface area (Å²) in [4.78, 5) is 12.5. The molecule has 0 amide bonds. The summed E-state index contributed by atoms with van der Waals surface area (Å²) in [5.41, 5.74) is -1.28. The Morgan fingerprint density at radius 3 is 2.00 bits per heavy atom. The quantitative estimate of drug-likeness (QED) is 0.723. The van der Waals surface area contributed by atoms with Crippen LogP contribution >= 0.6 is 0 Å². The van der Waals surface area contributed by atoms with E-state index in [4.69, 9.17) is 14.2 Å². The number of carbonyl (C=O) groups is 1. The van der Waals surface area contributed by atoms with Crippen LogP contribution in [0.15, 0.2) is 29.2 Å². The van der Waals surface area contributed by atoms with Gasteiger partial charge in [-0.25, -0.2) is 8.42 Å². The van der Waals surface area contributed by atoms with Gasteiger partial charge in [0.1, 0.15) is 17.4 Å². The molecule has 0 aromatic heterocycles. The van der Waals surface area contributed by atoms with E-state index in [0.717, 1.165) is 0 Å². The fourth-order valence-corrected chi connectivity index (χ4v) is 3.04. The van der Waals surface area contributed by atoms with Crippen LogP contribution in [0.3, 0.4) is 0 Å². The average Bonchev–Trinajstić information content (AvgIpc) is 2.48. The molecule has 0 spiro atoms. The van der Waals surface area contributed by atoms with Gasteiger partial charge in [0.05, 0.1) is 24.2 Å². The zero-order valence-electron chi connectivity index (χ0n) is 16.5. The van der Waals surface area contributed by atoms with Crippen molar-refractivity contribution in [2.45, 2.75) is 63.7 Å². The molecule has 0 saturated heterocycles. The lowest BCUT2D eigenvalue weighted by molar-refractivity contribution is -0.159. The number of esters is 1. The number of hydrogen-bond acceptors (Lipinski definition) is 6. The fourth-order valence-electron chi connectivity index (χ4n) is 1.87. The van der Waals surface area contributed by atoms with Crippen LogP contribution in [0.4, 0.5) is 0 Å². The lowest BCUT2D eigenvalue weighted by atomic mass is 10.2. The van der Waals surface area contributed by atoms with Crippen LogP contribution in [0, 0.1) is 0 Å². The second-order valence-corrected chi connectivity index (χ2v) is 9.52. The third-order valence-corrected chi connectivity index (χ3v) is 4.53. The van der Waals surface area contributed by atoms with Crippen molar-refractivity contribution in [2.75, 3.05) is 13.7 Å². The molecule has 26 heavy (non-hydrogen) atoms. The minimum atomic E-state index is -3.94. The highest BCUT2D eigenvalue weighted by Crippen LogP contribution is 2.17. The molecule has 0 heterocycles. The first kappa shape index (κ1) is 22.4. The molecule has 0 aliphatic carbocycles. The maximum atomic E-state index is 12.6. The van der Waals surface area contributed by atoms with Crippen LogP contribution in [-0.2, 0) is 24.3 Å². The first-order valence-corrected chi connectivity index (χ1v) is 9.75. The van der Waals surface area contributed by atoms with Gasteiger partial charge in [0.15, 0.2) is 0 Å². The van der Waals surface area contributed by atoms with E-state index in [-0.39, 0.29) is 11.5 Å². The number of nitrogens with one attached hydrogen (secondary N) is 1. The van der Waals surface area contributed by atoms with E-state index in [1.54, 1.807) is 20.8 Å². The highest BCUT2D eigenvalue weighted by atomic mass is 32.2. The Bertz CT molecular complexity index is 699. The molecule has 1 unspecified atom stereocenters. The normalized spacial score (nSPS) is 14.0. The number of carbonyl (C=O) groups excluding carboxylic acids is 1. The van der Waals surface area contributed by atoms with E-state index in [9.17, 15) is 13.2 Å². The van der Waals surface area contributed by atoms with Crippen LogP contribution in [0.2, 0.25) is 0 Å². The zero-order chi connectivity index (χ0) is 20.2. The lowest BCUT2D eigenvalue weighted by Gasteiger charge is -2.27. The SMILES string of the molecule is COc1ccc(S(=O)(=O)NC(COC(C)(C)C)C(=O)OC(C)(C)C)cc1. The molecule has 0 saturated carbocycles. The van der Waals surface area contributed by atoms with Crippen molar-refractivity contribution < 1.29 is 27.4 Å². The molecule has 148 valence electrons. The molecular weight excluding hydrogens is 358 g/mol. The Labute approximate surface area is 156 Å². The van der Waals surface area contributed by atoms with Crippen molar-refractivity contribution in [2.24, 2.45) is 0 Å². The molecular formula is C18H29NO6S. The van der Waals surface area contributed by atoms with Crippen LogP contribution < -0.4 is 9.46 Å². The summed E-state index contributed by atoms with van der Waals surface area (Å²) in [7, 11) is -2.45. The molecule has 8 heteroatoms. The van der Waals surface area contributed by atoms with Crippen molar-refractivity contribution >= 4 is 16.0 Å². The van der Waals surface area contributed by atoms with Gasteiger partial charge in [-0.1, -0.05) is 0 Å². The van der Waals surface area contributed by atoms with Crippen molar-refractivity contribution in [1.82, 2.24) is 4.72 Å². The summed E-state index contributed by atoms with van der Waals surface area (Å²) < 4.78 is 43.6. The average molecular weight is 387 g/mol. The molecule has 0 radical (unpaired) electrons. The Balaban J connectivity index is 3.02. The number of rotatable bonds is 7. The standard InChI is InChI=1S/C18H29NO6S/c1-17(2,3)24-12-15(16(20)25-18(4,5)6)19-26(21,22)14-10-8-13(23-7)9-11-14/h8-11,15,19H,12H2,1-7H3. The van der Waals surface area contributed by atoms with Crippen LogP contribution in [-0.4, -0.2) is 45.3 Å². The fraction of sp³-hybridized carbons (Fsp3) is 0.611. The largest absolute Gasteiger partial charge is 0.497 e. The number of benzene rings is 1. The minimum Gasteiger partial charge on any atom is -0.497 e. The van der Waals surface area contributed by atoms with Crippen LogP contribution in [0.5, 0.6) is 5.75 Å². The second kappa shape index (κ2) is 8.37. The summed E-state index contributed by atoms with van der Waals surface area (Å²) >= 11 is 0. The summed E-state index contributed by atoms with van der Waals surface area (Å²) in [6.45, 7) is 10.4. The van der Waals surface area contributed by atoms with Gasteiger partial charge in [-0.15, -0.1) is 0 Å². The van der Waals surface area contributed by atoms with Gasteiger partial charge >= 0.3 is 5.97 Å². The van der Waals surface area contributed by atoms with E-state index in [1.807, 2.05) is 20.8 Å². The Morgan fingerprint density at radius 2 is 1.58 bits per heavy atom. The monoisotopic (exact) mass is 387 g/mol. The van der Waals surface area contributed by atoms with Crippen molar-refractivity contribution in [3.63, 3.8) is 0 Å². The molecule has 1 rings (SSSR count). The molecule has 1 aromatic carbocycles. The Hall–Kier alpha value is -1.64. The smallest absolute Gasteiger partial charge is 0.327 e. The predicted molar refractivity (Wildman–Crippen MR) is 98.7 cm³/mol. The molecule has 1 aromatic rings. The van der Waals surface area contributed by atoms with E-state index in [0.29, 0.717) is 5.75 Å². The molecule has 0 bridgehead atoms. The molecule has 0 aliphatic rings. The summed E-state index contributed by atoms with van der Waals surface area (Å²) in [5, 5.41) is 0. The second-order valence-electron chi connectivity index (χ2n) is 7.81. The summed E-state index contributed by atoms with van der Waals surface area (Å²) in [5.74, 6) is -0.164. The first-order valence-electron chi connectivity index (χ1n) is 8.27. The number of sulfonamides is 1. The van der Waals surface area contributed by atoms with Gasteiger partial charge in [-0.2, -0.15) is 4.72 Å². The number of ether oxygens (including phenoxy) is 3. The molecule has 0 fully saturated rings. The van der Waals surface area contributed by atoms with Crippen molar-refractivity contribution in [3.05, 3.63) is 24.3 Å². The van der Waals surface area contributed by atoms with Gasteiger partial charge < -0.3 is 14.2 Å². The predicted octanol–water partition coefficient (Wildman–Crippen LogP) is 2.50. The lowest BCUT2D eigenvalue weighted by Crippen LogP contribution is -2.48. The minimum absolute atomic E-state index is 0.0163. The topological polar surface area (TPSA) is 90.9 Å². The maximum absolute atomic E-state index is 12.6. The Kier molecular flexibility index (Phi) is 7.21. The van der Waals surface area contributed by atoms with E-state index in [2.05, 4.69) is 4.72 Å². The summed E-state index contributed by atoms with van der Waals surface area (Å²) in [6.07, 6.45) is 0. The van der Waals surface area contributed by atoms with Crippen LogP contribution in [0.25, 0.3) is 0 Å². The molecule has 7 nitrogen and oxygen atoms in total. The third-order valence-electron chi connectivity index (χ3n) is 3.04. The maximum Gasteiger partial charge on any atom is 0.327 e. The first-order chi connectivity index (χ1) is 11.7. The van der Waals surface area contributed by atoms with Crippen molar-refractivity contribution in [3.8, 4) is 5.75 Å². The summed E-state index contributed by atoms with van der Waals surface area (Å²) in [6, 6.07) is 4.70. The number of hydrogen-bond donors (Lipinski definition) is 1. The molecule has 0 aliphatic heterocycles. The highest BCUT2D eigenvalue weighted by Gasteiger charge is 2.31. The van der Waals surface area contributed by atoms with E-state index >= 15 is 0 Å². The van der Waals surface area contributed by atoms with Gasteiger partial charge in [-0.05, 0) is 65.8 Å². The molecule has 1 atom stereocenters. The van der Waals surface area contributed by atoms with Gasteiger partial charge in [0, 0.05) is 0 Å². The third kappa shape index (κ3) is 7.72. The van der Waals surface area contributed by atoms with Gasteiger partial charge in [0.25, 0.3) is 0 Å². The highest BCUT2D eigenvalue weighted by molar-refractivity contribution is 7.89. The van der Waals surface area contributed by atoms with E-state index < -0.39 is 33.2 Å². The number of methoxy groups -OCH3 is 1.